The number of unbranched alkanes of at least 4 members (excludes halogenated alkanes) is 1. The summed E-state index contributed by atoms with van der Waals surface area (Å²) in [7, 11) is 0. The van der Waals surface area contributed by atoms with Crippen molar-refractivity contribution >= 4 is 0 Å². The average Bonchev–Trinajstić information content (AvgIpc) is 2.32. The minimum atomic E-state index is -4.64. The van der Waals surface area contributed by atoms with Gasteiger partial charge in [-0.1, -0.05) is 32.8 Å². The first-order valence-electron chi connectivity index (χ1n) is 6.50. The quantitative estimate of drug-likeness (QED) is 0.744. The van der Waals surface area contributed by atoms with Crippen LogP contribution in [0.15, 0.2) is 18.2 Å². The summed E-state index contributed by atoms with van der Waals surface area (Å²) in [5.41, 5.74) is -0.636. The number of nitrogens with one attached hydrogen (secondary N) is 1. The van der Waals surface area contributed by atoms with E-state index in [0.717, 1.165) is 31.4 Å². The van der Waals surface area contributed by atoms with Crippen molar-refractivity contribution in [3.63, 3.8) is 0 Å². The Morgan fingerprint density at radius 1 is 1.21 bits per heavy atom. The lowest BCUT2D eigenvalue weighted by atomic mass is 9.99. The van der Waals surface area contributed by atoms with E-state index in [0.29, 0.717) is 12.1 Å². The molecule has 0 bridgehead atoms. The molecule has 0 amide bonds. The zero-order valence-electron chi connectivity index (χ0n) is 11.1. The van der Waals surface area contributed by atoms with Gasteiger partial charge in [-0.3, -0.25) is 0 Å². The Kier molecular flexibility index (Phi) is 5.79. The number of hydrogen-bond acceptors (Lipinski definition) is 1. The third-order valence-corrected chi connectivity index (χ3v) is 3.00. The number of halogens is 4. The fourth-order valence-corrected chi connectivity index (χ4v) is 2.02. The van der Waals surface area contributed by atoms with E-state index >= 15 is 0 Å². The molecule has 0 spiro atoms. The lowest BCUT2D eigenvalue weighted by Gasteiger charge is -2.19. The first-order valence-corrected chi connectivity index (χ1v) is 6.50. The van der Waals surface area contributed by atoms with Crippen molar-refractivity contribution < 1.29 is 17.6 Å². The van der Waals surface area contributed by atoms with Crippen LogP contribution in [-0.4, -0.2) is 6.54 Å². The highest BCUT2D eigenvalue weighted by Gasteiger charge is 2.34. The van der Waals surface area contributed by atoms with Crippen molar-refractivity contribution in [1.29, 1.82) is 0 Å². The van der Waals surface area contributed by atoms with Crippen LogP contribution < -0.4 is 5.32 Å². The molecule has 1 nitrogen and oxygen atoms in total. The Bertz CT molecular complexity index is 401. The Morgan fingerprint density at radius 2 is 1.89 bits per heavy atom. The standard InChI is InChI=1S/C14H19F4N/c1-3-5-6-13(19-4-2)10-7-8-11(12(15)9-10)14(16,17)18/h7-9,13,19H,3-6H2,1-2H3. The lowest BCUT2D eigenvalue weighted by Crippen LogP contribution is -2.21. The van der Waals surface area contributed by atoms with Gasteiger partial charge in [-0.05, 0) is 30.7 Å². The third kappa shape index (κ3) is 4.49. The fraction of sp³-hybridized carbons (Fsp3) is 0.571. The molecule has 1 atom stereocenters. The van der Waals surface area contributed by atoms with Crippen molar-refractivity contribution in [2.24, 2.45) is 0 Å². The molecule has 1 N–H and O–H groups in total. The van der Waals surface area contributed by atoms with Crippen LogP contribution in [0.25, 0.3) is 0 Å². The molecule has 0 aliphatic carbocycles. The molecule has 1 aromatic carbocycles. The Labute approximate surface area is 111 Å². The van der Waals surface area contributed by atoms with Crippen LogP contribution >= 0.6 is 0 Å². The maximum absolute atomic E-state index is 13.5. The van der Waals surface area contributed by atoms with Crippen molar-refractivity contribution in [3.8, 4) is 0 Å². The normalized spacial score (nSPS) is 13.6. The molecule has 0 aliphatic heterocycles. The SMILES string of the molecule is CCCCC(NCC)c1ccc(C(F)(F)F)c(F)c1. The maximum Gasteiger partial charge on any atom is 0.419 e. The molecule has 0 fully saturated rings. The second-order valence-corrected chi connectivity index (χ2v) is 4.49. The van der Waals surface area contributed by atoms with E-state index < -0.39 is 17.6 Å². The first kappa shape index (κ1) is 16.0. The van der Waals surface area contributed by atoms with Crippen molar-refractivity contribution in [3.05, 3.63) is 35.1 Å². The van der Waals surface area contributed by atoms with Gasteiger partial charge in [0.2, 0.25) is 0 Å². The van der Waals surface area contributed by atoms with Crippen LogP contribution in [0.4, 0.5) is 17.6 Å². The molecule has 1 rings (SSSR count). The molecule has 5 heteroatoms. The highest BCUT2D eigenvalue weighted by molar-refractivity contribution is 5.28. The number of benzene rings is 1. The molecule has 0 heterocycles. The van der Waals surface area contributed by atoms with E-state index in [1.165, 1.54) is 6.07 Å². The van der Waals surface area contributed by atoms with E-state index in [4.69, 9.17) is 0 Å². The Hall–Kier alpha value is -1.10. The second kappa shape index (κ2) is 6.89. The summed E-state index contributed by atoms with van der Waals surface area (Å²) in [6.45, 7) is 4.65. The van der Waals surface area contributed by atoms with Crippen molar-refractivity contribution in [2.45, 2.75) is 45.3 Å². The highest BCUT2D eigenvalue weighted by atomic mass is 19.4. The number of alkyl halides is 3. The van der Waals surface area contributed by atoms with Crippen molar-refractivity contribution in [2.75, 3.05) is 6.54 Å². The first-order chi connectivity index (χ1) is 8.90. The van der Waals surface area contributed by atoms with E-state index in [2.05, 4.69) is 5.32 Å². The number of rotatable bonds is 6. The van der Waals surface area contributed by atoms with E-state index in [9.17, 15) is 17.6 Å². The van der Waals surface area contributed by atoms with Crippen molar-refractivity contribution in [1.82, 2.24) is 5.32 Å². The van der Waals surface area contributed by atoms with Crippen LogP contribution in [0.5, 0.6) is 0 Å². The van der Waals surface area contributed by atoms with E-state index in [-0.39, 0.29) is 6.04 Å². The summed E-state index contributed by atoms with van der Waals surface area (Å²) < 4.78 is 51.0. The fourth-order valence-electron chi connectivity index (χ4n) is 2.02. The zero-order valence-corrected chi connectivity index (χ0v) is 11.1. The molecule has 0 aliphatic rings. The summed E-state index contributed by atoms with van der Waals surface area (Å²) in [5.74, 6) is -1.20. The molecular formula is C14H19F4N. The average molecular weight is 277 g/mol. The molecule has 0 aromatic heterocycles. The highest BCUT2D eigenvalue weighted by Crippen LogP contribution is 2.33. The van der Waals surface area contributed by atoms with Gasteiger partial charge in [0.05, 0.1) is 5.56 Å². The monoisotopic (exact) mass is 277 g/mol. The van der Waals surface area contributed by atoms with Crippen LogP contribution in [0.2, 0.25) is 0 Å². The lowest BCUT2D eigenvalue weighted by molar-refractivity contribution is -0.140. The third-order valence-electron chi connectivity index (χ3n) is 3.00. The topological polar surface area (TPSA) is 12.0 Å². The molecular weight excluding hydrogens is 258 g/mol. The largest absolute Gasteiger partial charge is 0.419 e. The minimum absolute atomic E-state index is 0.0956. The van der Waals surface area contributed by atoms with Gasteiger partial charge >= 0.3 is 6.18 Å². The minimum Gasteiger partial charge on any atom is -0.310 e. The molecule has 1 unspecified atom stereocenters. The summed E-state index contributed by atoms with van der Waals surface area (Å²) in [6, 6.07) is 3.07. The van der Waals surface area contributed by atoms with Crippen LogP contribution in [0.1, 0.15) is 50.3 Å². The van der Waals surface area contributed by atoms with E-state index in [1.54, 1.807) is 0 Å². The van der Waals surface area contributed by atoms with Gasteiger partial charge in [0.25, 0.3) is 0 Å². The smallest absolute Gasteiger partial charge is 0.310 e. The maximum atomic E-state index is 13.5. The molecule has 108 valence electrons. The van der Waals surface area contributed by atoms with Gasteiger partial charge in [0.1, 0.15) is 5.82 Å². The summed E-state index contributed by atoms with van der Waals surface area (Å²) in [4.78, 5) is 0. The van der Waals surface area contributed by atoms with Gasteiger partial charge in [-0.2, -0.15) is 13.2 Å². The Morgan fingerprint density at radius 3 is 2.37 bits per heavy atom. The summed E-state index contributed by atoms with van der Waals surface area (Å²) in [5, 5.41) is 3.17. The summed E-state index contributed by atoms with van der Waals surface area (Å²) in [6.07, 6.45) is -1.92. The van der Waals surface area contributed by atoms with Gasteiger partial charge in [-0.25, -0.2) is 4.39 Å². The molecule has 19 heavy (non-hydrogen) atoms. The second-order valence-electron chi connectivity index (χ2n) is 4.49. The summed E-state index contributed by atoms with van der Waals surface area (Å²) >= 11 is 0. The van der Waals surface area contributed by atoms with Crippen LogP contribution in [0.3, 0.4) is 0 Å². The predicted octanol–water partition coefficient (Wildman–Crippen LogP) is 4.69. The van der Waals surface area contributed by atoms with Crippen LogP contribution in [0, 0.1) is 5.82 Å². The molecule has 0 saturated carbocycles. The molecule has 1 aromatic rings. The molecule has 0 saturated heterocycles. The predicted molar refractivity (Wildman–Crippen MR) is 67.3 cm³/mol. The van der Waals surface area contributed by atoms with Gasteiger partial charge in [-0.15, -0.1) is 0 Å². The zero-order chi connectivity index (χ0) is 14.5. The van der Waals surface area contributed by atoms with Crippen LogP contribution in [-0.2, 0) is 6.18 Å². The molecule has 0 radical (unpaired) electrons. The Balaban J connectivity index is 2.96. The van der Waals surface area contributed by atoms with Gasteiger partial charge < -0.3 is 5.32 Å². The van der Waals surface area contributed by atoms with Gasteiger partial charge in [0, 0.05) is 6.04 Å². The van der Waals surface area contributed by atoms with E-state index in [1.807, 2.05) is 13.8 Å². The van der Waals surface area contributed by atoms with Gasteiger partial charge in [0.15, 0.2) is 0 Å². The number of hydrogen-bond donors (Lipinski definition) is 1.